The maximum atomic E-state index is 11.4. The van der Waals surface area contributed by atoms with Gasteiger partial charge in [0.15, 0.2) is 6.10 Å². The normalized spacial score (nSPS) is 12.5. The largest absolute Gasteiger partial charge is 0.479 e. The predicted octanol–water partition coefficient (Wildman–Crippen LogP) is 0.506. The number of rotatable bonds is 10. The van der Waals surface area contributed by atoms with E-state index in [0.29, 0.717) is 12.6 Å². The fourth-order valence-electron chi connectivity index (χ4n) is 1.47. The molecule has 0 bridgehead atoms. The molecule has 1 atom stereocenters. The Morgan fingerprint density at radius 1 is 1.25 bits per heavy atom. The molecular formula is C13H27N3O4. The van der Waals surface area contributed by atoms with Gasteiger partial charge in [0.05, 0.1) is 6.54 Å². The first-order valence-electron chi connectivity index (χ1n) is 6.86. The Morgan fingerprint density at radius 2 is 1.90 bits per heavy atom. The summed E-state index contributed by atoms with van der Waals surface area (Å²) in [4.78, 5) is 24.3. The monoisotopic (exact) mass is 289 g/mol. The Hall–Kier alpha value is -1.34. The number of hydrogen-bond donors (Lipinski definition) is 3. The van der Waals surface area contributed by atoms with E-state index in [9.17, 15) is 9.59 Å². The molecule has 0 aromatic carbocycles. The average Bonchev–Trinajstić information content (AvgIpc) is 2.38. The summed E-state index contributed by atoms with van der Waals surface area (Å²) in [7, 11) is 3.37. The minimum Gasteiger partial charge on any atom is -0.479 e. The van der Waals surface area contributed by atoms with Crippen molar-refractivity contribution in [2.24, 2.45) is 0 Å². The molecular weight excluding hydrogens is 262 g/mol. The fourth-order valence-corrected chi connectivity index (χ4v) is 1.47. The van der Waals surface area contributed by atoms with Gasteiger partial charge in [-0.1, -0.05) is 0 Å². The second-order valence-electron chi connectivity index (χ2n) is 4.98. The van der Waals surface area contributed by atoms with Gasteiger partial charge in [0.1, 0.15) is 0 Å². The summed E-state index contributed by atoms with van der Waals surface area (Å²) in [6.45, 7) is 5.79. The minimum absolute atomic E-state index is 0.0479. The van der Waals surface area contributed by atoms with E-state index in [1.54, 1.807) is 0 Å². The second-order valence-corrected chi connectivity index (χ2v) is 4.98. The first-order valence-corrected chi connectivity index (χ1v) is 6.86. The summed E-state index contributed by atoms with van der Waals surface area (Å²) in [5.74, 6) is -1.09. The standard InChI is InChI=1S/C13H27N3O4/c1-10(2)16(3)8-6-5-7-14-13(19)15-9-11(20-4)12(17)18/h10-11H,5-9H2,1-4H3,(H,17,18)(H2,14,15,19). The summed E-state index contributed by atoms with van der Waals surface area (Å²) in [6.07, 6.45) is 0.877. The number of aliphatic carboxylic acids is 1. The van der Waals surface area contributed by atoms with Crippen molar-refractivity contribution in [1.29, 1.82) is 0 Å². The third kappa shape index (κ3) is 8.71. The van der Waals surface area contributed by atoms with Crippen LogP contribution in [0.1, 0.15) is 26.7 Å². The summed E-state index contributed by atoms with van der Waals surface area (Å²) in [6, 6.07) is 0.152. The quantitative estimate of drug-likeness (QED) is 0.510. The lowest BCUT2D eigenvalue weighted by molar-refractivity contribution is -0.147. The van der Waals surface area contributed by atoms with Crippen LogP contribution in [0.5, 0.6) is 0 Å². The van der Waals surface area contributed by atoms with E-state index < -0.39 is 12.1 Å². The van der Waals surface area contributed by atoms with Gasteiger partial charge >= 0.3 is 12.0 Å². The molecule has 20 heavy (non-hydrogen) atoms. The number of nitrogens with zero attached hydrogens (tertiary/aromatic N) is 1. The van der Waals surface area contributed by atoms with Gasteiger partial charge in [-0.25, -0.2) is 9.59 Å². The van der Waals surface area contributed by atoms with Crippen molar-refractivity contribution in [3.63, 3.8) is 0 Å². The Kier molecular flexibility index (Phi) is 9.75. The number of nitrogens with one attached hydrogen (secondary N) is 2. The average molecular weight is 289 g/mol. The Morgan fingerprint density at radius 3 is 2.40 bits per heavy atom. The Balaban J connectivity index is 3.61. The highest BCUT2D eigenvalue weighted by molar-refractivity contribution is 5.76. The molecule has 0 radical (unpaired) electrons. The molecule has 0 rings (SSSR count). The molecule has 0 spiro atoms. The van der Waals surface area contributed by atoms with Gasteiger partial charge in [-0.15, -0.1) is 0 Å². The molecule has 0 aliphatic heterocycles. The van der Waals surface area contributed by atoms with E-state index in [-0.39, 0.29) is 12.6 Å². The fraction of sp³-hybridized carbons (Fsp3) is 0.846. The molecule has 118 valence electrons. The van der Waals surface area contributed by atoms with Crippen molar-refractivity contribution in [1.82, 2.24) is 15.5 Å². The van der Waals surface area contributed by atoms with Crippen molar-refractivity contribution >= 4 is 12.0 Å². The van der Waals surface area contributed by atoms with E-state index in [1.165, 1.54) is 7.11 Å². The SMILES string of the molecule is COC(CNC(=O)NCCCCN(C)C(C)C)C(=O)O. The summed E-state index contributed by atoms with van der Waals surface area (Å²) < 4.78 is 4.71. The van der Waals surface area contributed by atoms with Crippen molar-refractivity contribution in [3.8, 4) is 0 Å². The lowest BCUT2D eigenvalue weighted by Gasteiger charge is -2.20. The summed E-state index contributed by atoms with van der Waals surface area (Å²) >= 11 is 0. The molecule has 0 fully saturated rings. The van der Waals surface area contributed by atoms with Gasteiger partial charge in [0.25, 0.3) is 0 Å². The Bertz CT molecular complexity index is 297. The number of amides is 2. The number of urea groups is 1. The molecule has 0 aromatic rings. The van der Waals surface area contributed by atoms with Crippen LogP contribution in [0, 0.1) is 0 Å². The van der Waals surface area contributed by atoms with Gasteiger partial charge in [-0.05, 0) is 40.3 Å². The van der Waals surface area contributed by atoms with Crippen LogP contribution in [0.15, 0.2) is 0 Å². The minimum atomic E-state index is -1.09. The number of methoxy groups -OCH3 is 1. The number of unbranched alkanes of at least 4 members (excludes halogenated alkanes) is 1. The van der Waals surface area contributed by atoms with Crippen molar-refractivity contribution in [3.05, 3.63) is 0 Å². The summed E-state index contributed by atoms with van der Waals surface area (Å²) in [5.41, 5.74) is 0. The number of carbonyl (C=O) groups excluding carboxylic acids is 1. The highest BCUT2D eigenvalue weighted by atomic mass is 16.5. The number of ether oxygens (including phenoxy) is 1. The first-order chi connectivity index (χ1) is 9.38. The zero-order chi connectivity index (χ0) is 15.5. The lowest BCUT2D eigenvalue weighted by Crippen LogP contribution is -2.43. The van der Waals surface area contributed by atoms with Gasteiger partial charge in [-0.2, -0.15) is 0 Å². The van der Waals surface area contributed by atoms with Crippen LogP contribution < -0.4 is 10.6 Å². The molecule has 7 nitrogen and oxygen atoms in total. The Labute approximate surface area is 120 Å². The molecule has 0 saturated heterocycles. The van der Waals surface area contributed by atoms with Crippen molar-refractivity contribution in [2.45, 2.75) is 38.8 Å². The molecule has 0 aliphatic rings. The topological polar surface area (TPSA) is 90.9 Å². The van der Waals surface area contributed by atoms with Crippen LogP contribution in [0.3, 0.4) is 0 Å². The van der Waals surface area contributed by atoms with E-state index in [2.05, 4.69) is 36.4 Å². The zero-order valence-electron chi connectivity index (χ0n) is 12.8. The zero-order valence-corrected chi connectivity index (χ0v) is 12.8. The molecule has 3 N–H and O–H groups in total. The smallest absolute Gasteiger partial charge is 0.334 e. The molecule has 0 saturated carbocycles. The highest BCUT2D eigenvalue weighted by Gasteiger charge is 2.16. The van der Waals surface area contributed by atoms with Crippen LogP contribution in [-0.4, -0.2) is 67.9 Å². The molecule has 0 heterocycles. The van der Waals surface area contributed by atoms with Crippen LogP contribution in [0.4, 0.5) is 4.79 Å². The van der Waals surface area contributed by atoms with Gasteiger partial charge in [0.2, 0.25) is 0 Å². The van der Waals surface area contributed by atoms with Gasteiger partial charge < -0.3 is 25.4 Å². The third-order valence-electron chi connectivity index (χ3n) is 3.11. The van der Waals surface area contributed by atoms with Gasteiger partial charge in [-0.3, -0.25) is 0 Å². The third-order valence-corrected chi connectivity index (χ3v) is 3.11. The van der Waals surface area contributed by atoms with Gasteiger partial charge in [0, 0.05) is 19.7 Å². The lowest BCUT2D eigenvalue weighted by atomic mass is 10.2. The van der Waals surface area contributed by atoms with E-state index in [0.717, 1.165) is 19.4 Å². The first kappa shape index (κ1) is 18.7. The molecule has 2 amide bonds. The number of carbonyl (C=O) groups is 2. The molecule has 7 heteroatoms. The van der Waals surface area contributed by atoms with E-state index >= 15 is 0 Å². The molecule has 0 aliphatic carbocycles. The summed E-state index contributed by atoms with van der Waals surface area (Å²) in [5, 5.41) is 13.9. The molecule has 1 unspecified atom stereocenters. The number of hydrogen-bond acceptors (Lipinski definition) is 4. The van der Waals surface area contributed by atoms with Crippen LogP contribution in [0.25, 0.3) is 0 Å². The predicted molar refractivity (Wildman–Crippen MR) is 76.8 cm³/mol. The van der Waals surface area contributed by atoms with Crippen LogP contribution >= 0.6 is 0 Å². The van der Waals surface area contributed by atoms with Crippen molar-refractivity contribution < 1.29 is 19.4 Å². The maximum absolute atomic E-state index is 11.4. The van der Waals surface area contributed by atoms with E-state index in [1.807, 2.05) is 0 Å². The molecule has 0 aromatic heterocycles. The van der Waals surface area contributed by atoms with Crippen molar-refractivity contribution in [2.75, 3.05) is 33.8 Å². The number of carboxylic acid groups (broad SMARTS) is 1. The van der Waals surface area contributed by atoms with Crippen LogP contribution in [-0.2, 0) is 9.53 Å². The second kappa shape index (κ2) is 10.4. The van der Waals surface area contributed by atoms with Crippen LogP contribution in [0.2, 0.25) is 0 Å². The van der Waals surface area contributed by atoms with E-state index in [4.69, 9.17) is 9.84 Å². The maximum Gasteiger partial charge on any atom is 0.334 e. The highest BCUT2D eigenvalue weighted by Crippen LogP contribution is 1.97. The number of carboxylic acids is 1.